The van der Waals surface area contributed by atoms with Crippen LogP contribution in [-0.2, 0) is 0 Å². The highest BCUT2D eigenvalue weighted by atomic mass is 16.2. The molecule has 1 aromatic rings. The fourth-order valence-electron chi connectivity index (χ4n) is 5.27. The molecule has 0 radical (unpaired) electrons. The van der Waals surface area contributed by atoms with Crippen molar-refractivity contribution >= 4 is 23.4 Å². The van der Waals surface area contributed by atoms with Gasteiger partial charge in [0.2, 0.25) is 0 Å². The largest absolute Gasteiger partial charge is 0.322 e. The van der Waals surface area contributed by atoms with Crippen LogP contribution >= 0.6 is 0 Å². The van der Waals surface area contributed by atoms with Crippen LogP contribution in [0.2, 0.25) is 0 Å². The molecule has 2 aliphatic rings. The number of hydrogen-bond acceptors (Lipinski definition) is 3. The molecule has 1 heterocycles. The van der Waals surface area contributed by atoms with E-state index < -0.39 is 0 Å². The number of rotatable bonds is 6. The summed E-state index contributed by atoms with van der Waals surface area (Å²) in [5, 5.41) is 6.13. The molecule has 3 rings (SSSR count). The van der Waals surface area contributed by atoms with Crippen LogP contribution in [0.3, 0.4) is 0 Å². The van der Waals surface area contributed by atoms with Gasteiger partial charge < -0.3 is 20.4 Å². The van der Waals surface area contributed by atoms with Gasteiger partial charge in [0, 0.05) is 25.2 Å². The van der Waals surface area contributed by atoms with Crippen molar-refractivity contribution < 1.29 is 9.59 Å². The summed E-state index contributed by atoms with van der Waals surface area (Å²) in [5.74, 6) is 0. The van der Waals surface area contributed by atoms with E-state index in [2.05, 4.69) is 15.6 Å². The zero-order valence-electron chi connectivity index (χ0n) is 20.4. The predicted octanol–water partition coefficient (Wildman–Crippen LogP) is 6.07. The Hall–Kier alpha value is -2.31. The van der Waals surface area contributed by atoms with Crippen molar-refractivity contribution in [1.82, 2.24) is 14.8 Å². The van der Waals surface area contributed by atoms with Gasteiger partial charge in [0.05, 0.1) is 22.8 Å². The molecule has 2 fully saturated rings. The monoisotopic (exact) mass is 443 g/mol. The first-order chi connectivity index (χ1) is 15.4. The fraction of sp³-hybridized carbons (Fsp3) is 0.720. The molecule has 32 heavy (non-hydrogen) atoms. The lowest BCUT2D eigenvalue weighted by molar-refractivity contribution is 0.171. The zero-order valence-corrected chi connectivity index (χ0v) is 20.4. The molecule has 0 aliphatic heterocycles. The van der Waals surface area contributed by atoms with Crippen molar-refractivity contribution in [2.75, 3.05) is 23.7 Å². The van der Waals surface area contributed by atoms with Gasteiger partial charge >= 0.3 is 12.1 Å². The van der Waals surface area contributed by atoms with E-state index in [0.29, 0.717) is 36.5 Å². The summed E-state index contributed by atoms with van der Waals surface area (Å²) in [6.45, 7) is 9.23. The van der Waals surface area contributed by atoms with Crippen molar-refractivity contribution in [3.63, 3.8) is 0 Å². The Balaban J connectivity index is 1.71. The number of aromatic nitrogens is 1. The van der Waals surface area contributed by atoms with E-state index in [1.807, 2.05) is 43.6 Å². The van der Waals surface area contributed by atoms with Crippen molar-refractivity contribution in [2.45, 2.75) is 104 Å². The van der Waals surface area contributed by atoms with Crippen molar-refractivity contribution in [3.8, 4) is 0 Å². The Labute approximate surface area is 193 Å². The Morgan fingerprint density at radius 1 is 0.781 bits per heavy atom. The summed E-state index contributed by atoms with van der Waals surface area (Å²) in [4.78, 5) is 34.6. The quantitative estimate of drug-likeness (QED) is 0.560. The third-order valence-corrected chi connectivity index (χ3v) is 7.12. The second-order valence-electron chi connectivity index (χ2n) is 9.27. The average Bonchev–Trinajstić information content (AvgIpc) is 2.79. The molecule has 1 aromatic heterocycles. The lowest BCUT2D eigenvalue weighted by atomic mass is 9.94. The fourth-order valence-corrected chi connectivity index (χ4v) is 5.27. The highest BCUT2D eigenvalue weighted by Gasteiger charge is 2.26. The van der Waals surface area contributed by atoms with Crippen LogP contribution < -0.4 is 10.6 Å². The molecule has 7 nitrogen and oxygen atoms in total. The second-order valence-corrected chi connectivity index (χ2v) is 9.27. The maximum Gasteiger partial charge on any atom is 0.322 e. The van der Waals surface area contributed by atoms with E-state index in [1.165, 1.54) is 38.5 Å². The highest BCUT2D eigenvalue weighted by Crippen LogP contribution is 2.27. The van der Waals surface area contributed by atoms with E-state index in [-0.39, 0.29) is 12.1 Å². The minimum Gasteiger partial charge on any atom is -0.322 e. The van der Waals surface area contributed by atoms with E-state index in [9.17, 15) is 9.59 Å². The lowest BCUT2D eigenvalue weighted by Gasteiger charge is -2.34. The number of aryl methyl sites for hydroxylation is 2. The second kappa shape index (κ2) is 11.5. The topological polar surface area (TPSA) is 77.6 Å². The van der Waals surface area contributed by atoms with Crippen molar-refractivity contribution in [1.29, 1.82) is 0 Å². The minimum absolute atomic E-state index is 0.0807. The number of pyridine rings is 1. The summed E-state index contributed by atoms with van der Waals surface area (Å²) in [7, 11) is 0. The average molecular weight is 444 g/mol. The van der Waals surface area contributed by atoms with E-state index in [1.54, 1.807) is 0 Å². The Bertz CT molecular complexity index is 724. The summed E-state index contributed by atoms with van der Waals surface area (Å²) in [6.07, 6.45) is 11.5. The predicted molar refractivity (Wildman–Crippen MR) is 130 cm³/mol. The maximum atomic E-state index is 13.1. The van der Waals surface area contributed by atoms with Gasteiger partial charge in [-0.3, -0.25) is 4.98 Å². The summed E-state index contributed by atoms with van der Waals surface area (Å²) in [5.41, 5.74) is 2.83. The number of anilines is 2. The number of urea groups is 2. The van der Waals surface area contributed by atoms with Crippen molar-refractivity contribution in [3.05, 3.63) is 17.5 Å². The first kappa shape index (κ1) is 24.3. The van der Waals surface area contributed by atoms with Gasteiger partial charge in [0.25, 0.3) is 0 Å². The van der Waals surface area contributed by atoms with E-state index >= 15 is 0 Å². The summed E-state index contributed by atoms with van der Waals surface area (Å²) < 4.78 is 0. The van der Waals surface area contributed by atoms with E-state index in [0.717, 1.165) is 37.1 Å². The van der Waals surface area contributed by atoms with Crippen LogP contribution in [0.25, 0.3) is 0 Å². The Morgan fingerprint density at radius 2 is 1.16 bits per heavy atom. The first-order valence-corrected chi connectivity index (χ1v) is 12.6. The molecule has 7 heteroatoms. The molecule has 4 amide bonds. The molecular formula is C25H41N5O2. The Morgan fingerprint density at radius 3 is 1.50 bits per heavy atom. The number of nitrogens with one attached hydrogen (secondary N) is 2. The molecule has 0 atom stereocenters. The van der Waals surface area contributed by atoms with Gasteiger partial charge in [-0.15, -0.1) is 0 Å². The molecule has 0 bridgehead atoms. The third kappa shape index (κ3) is 5.93. The van der Waals surface area contributed by atoms with Crippen molar-refractivity contribution in [2.24, 2.45) is 0 Å². The third-order valence-electron chi connectivity index (χ3n) is 7.12. The molecule has 0 unspecified atom stereocenters. The van der Waals surface area contributed by atoms with Crippen LogP contribution in [0.1, 0.15) is 89.4 Å². The van der Waals surface area contributed by atoms with Crippen LogP contribution in [0, 0.1) is 13.8 Å². The minimum atomic E-state index is -0.0807. The van der Waals surface area contributed by atoms with Gasteiger partial charge in [-0.1, -0.05) is 38.5 Å². The molecule has 2 saturated carbocycles. The smallest absolute Gasteiger partial charge is 0.322 e. The molecule has 2 N–H and O–H groups in total. The zero-order chi connectivity index (χ0) is 23.1. The highest BCUT2D eigenvalue weighted by molar-refractivity contribution is 5.94. The Kier molecular flexibility index (Phi) is 8.76. The molecular weight excluding hydrogens is 402 g/mol. The van der Waals surface area contributed by atoms with Crippen LogP contribution in [0.5, 0.6) is 0 Å². The number of carbonyl (C=O) groups is 2. The summed E-state index contributed by atoms with van der Waals surface area (Å²) >= 11 is 0. The first-order valence-electron chi connectivity index (χ1n) is 12.6. The van der Waals surface area contributed by atoms with Gasteiger partial charge in [-0.05, 0) is 59.4 Å². The van der Waals surface area contributed by atoms with Gasteiger partial charge in [-0.25, -0.2) is 9.59 Å². The van der Waals surface area contributed by atoms with Crippen LogP contribution in [0.4, 0.5) is 21.0 Å². The number of carbonyl (C=O) groups excluding carboxylic acids is 2. The van der Waals surface area contributed by atoms with Crippen LogP contribution in [-0.4, -0.2) is 52.0 Å². The van der Waals surface area contributed by atoms with Gasteiger partial charge in [0.15, 0.2) is 0 Å². The number of nitrogens with zero attached hydrogens (tertiary/aromatic N) is 3. The molecule has 2 aliphatic carbocycles. The molecule has 0 spiro atoms. The standard InChI is InChI=1S/C25H41N5O2/c1-5-29(20-13-9-7-10-14-20)24(31)27-22-17-23(19(4)26-18(22)3)28-25(32)30(6-2)21-15-11-8-12-16-21/h17,20-21H,5-16H2,1-4H3,(H,27,31)(H,28,32). The normalized spacial score (nSPS) is 17.6. The van der Waals surface area contributed by atoms with Gasteiger partial charge in [-0.2, -0.15) is 0 Å². The summed E-state index contributed by atoms with van der Waals surface area (Å²) in [6, 6.07) is 2.31. The maximum absolute atomic E-state index is 13.1. The van der Waals surface area contributed by atoms with Crippen LogP contribution in [0.15, 0.2) is 6.07 Å². The van der Waals surface area contributed by atoms with E-state index in [4.69, 9.17) is 0 Å². The molecule has 0 saturated heterocycles. The van der Waals surface area contributed by atoms with Gasteiger partial charge in [0.1, 0.15) is 0 Å². The number of amides is 4. The molecule has 178 valence electrons. The number of hydrogen-bond donors (Lipinski definition) is 2. The SMILES string of the molecule is CCN(C(=O)Nc1cc(NC(=O)N(CC)C2CCCCC2)c(C)nc1C)C1CCCCC1. The molecule has 0 aromatic carbocycles. The lowest BCUT2D eigenvalue weighted by Crippen LogP contribution is -2.44.